The molecule has 162 valence electrons. The Labute approximate surface area is 182 Å². The van der Waals surface area contributed by atoms with Crippen LogP contribution in [-0.2, 0) is 5.41 Å². The number of carbonyl (C=O) groups excluding carboxylic acids is 1. The first-order valence-electron chi connectivity index (χ1n) is 11.0. The van der Waals surface area contributed by atoms with E-state index in [1.54, 1.807) is 31.4 Å². The number of carboxylic acid groups (broad SMARTS) is 1. The van der Waals surface area contributed by atoms with Gasteiger partial charge in [0.15, 0.2) is 0 Å². The lowest BCUT2D eigenvalue weighted by Crippen LogP contribution is -2.48. The molecule has 0 atom stereocenters. The molecule has 0 aliphatic heterocycles. The fourth-order valence-electron chi connectivity index (χ4n) is 6.92. The number of carbonyl (C=O) groups is 2. The molecule has 6 nitrogen and oxygen atoms in total. The highest BCUT2D eigenvalue weighted by Gasteiger charge is 2.52. The van der Waals surface area contributed by atoms with Crippen molar-refractivity contribution in [2.24, 2.45) is 23.5 Å². The number of hydrogen-bond acceptors (Lipinski definition) is 3. The number of benzene rings is 2. The maximum absolute atomic E-state index is 12.5. The third kappa shape index (κ3) is 3.25. The van der Waals surface area contributed by atoms with Crippen molar-refractivity contribution in [3.8, 4) is 5.75 Å². The minimum absolute atomic E-state index is 0.0356. The van der Waals surface area contributed by atoms with Gasteiger partial charge in [-0.2, -0.15) is 0 Å². The molecule has 4 saturated carbocycles. The van der Waals surface area contributed by atoms with Crippen LogP contribution in [0.3, 0.4) is 0 Å². The molecule has 0 heterocycles. The number of amides is 2. The van der Waals surface area contributed by atoms with E-state index in [9.17, 15) is 14.7 Å². The number of aromatic carboxylic acids is 1. The van der Waals surface area contributed by atoms with Crippen molar-refractivity contribution in [1.82, 2.24) is 0 Å². The molecule has 2 aromatic carbocycles. The number of carboxylic acids is 1. The zero-order chi connectivity index (χ0) is 21.8. The fourth-order valence-corrected chi connectivity index (χ4v) is 6.92. The van der Waals surface area contributed by atoms with Gasteiger partial charge in [0.05, 0.1) is 24.0 Å². The van der Waals surface area contributed by atoms with Crippen LogP contribution in [0, 0.1) is 17.8 Å². The Morgan fingerprint density at radius 1 is 1.03 bits per heavy atom. The second kappa shape index (κ2) is 7.29. The lowest BCUT2D eigenvalue weighted by atomic mass is 9.48. The molecule has 0 spiro atoms. The van der Waals surface area contributed by atoms with E-state index in [1.165, 1.54) is 30.2 Å². The molecule has 0 aromatic heterocycles. The molecule has 6 heteroatoms. The van der Waals surface area contributed by atoms with E-state index in [1.807, 2.05) is 12.1 Å². The maximum atomic E-state index is 12.5. The molecular formula is C25H28N2O4. The predicted octanol–water partition coefficient (Wildman–Crippen LogP) is 5.08. The Kier molecular flexibility index (Phi) is 4.68. The second-order valence-corrected chi connectivity index (χ2v) is 9.58. The summed E-state index contributed by atoms with van der Waals surface area (Å²) in [6.45, 7) is 0. The SMILES string of the molecule is COc1ccc(N(C(N)=O)c2ccccc2C(=O)O)cc1C12CC3CC(CC(C3)C1)C2. The van der Waals surface area contributed by atoms with Gasteiger partial charge in [0.25, 0.3) is 0 Å². The van der Waals surface area contributed by atoms with E-state index >= 15 is 0 Å². The van der Waals surface area contributed by atoms with Gasteiger partial charge in [-0.25, -0.2) is 9.59 Å². The number of methoxy groups -OCH3 is 1. The van der Waals surface area contributed by atoms with Crippen molar-refractivity contribution in [1.29, 1.82) is 0 Å². The van der Waals surface area contributed by atoms with Crippen LogP contribution in [0.1, 0.15) is 54.4 Å². The Bertz CT molecular complexity index is 1010. The van der Waals surface area contributed by atoms with Crippen LogP contribution in [-0.4, -0.2) is 24.2 Å². The van der Waals surface area contributed by atoms with Crippen molar-refractivity contribution in [3.63, 3.8) is 0 Å². The van der Waals surface area contributed by atoms with Crippen molar-refractivity contribution in [3.05, 3.63) is 53.6 Å². The van der Waals surface area contributed by atoms with Crippen LogP contribution in [0.5, 0.6) is 5.75 Å². The molecular weight excluding hydrogens is 392 g/mol. The van der Waals surface area contributed by atoms with Gasteiger partial charge < -0.3 is 15.6 Å². The maximum Gasteiger partial charge on any atom is 0.337 e. The molecule has 3 N–H and O–H groups in total. The molecule has 0 saturated heterocycles. The molecule has 2 amide bonds. The highest BCUT2D eigenvalue weighted by atomic mass is 16.5. The molecule has 4 bridgehead atoms. The number of anilines is 2. The third-order valence-electron chi connectivity index (χ3n) is 7.65. The summed E-state index contributed by atoms with van der Waals surface area (Å²) in [5.74, 6) is 2.03. The smallest absolute Gasteiger partial charge is 0.337 e. The van der Waals surface area contributed by atoms with Gasteiger partial charge in [-0.3, -0.25) is 4.90 Å². The quantitative estimate of drug-likeness (QED) is 0.706. The second-order valence-electron chi connectivity index (χ2n) is 9.58. The Balaban J connectivity index is 1.63. The number of rotatable bonds is 5. The zero-order valence-electron chi connectivity index (χ0n) is 17.7. The summed E-state index contributed by atoms with van der Waals surface area (Å²) < 4.78 is 5.77. The molecule has 31 heavy (non-hydrogen) atoms. The van der Waals surface area contributed by atoms with Gasteiger partial charge in [-0.1, -0.05) is 12.1 Å². The monoisotopic (exact) mass is 420 g/mol. The first-order chi connectivity index (χ1) is 14.9. The first-order valence-corrected chi connectivity index (χ1v) is 11.0. The molecule has 0 radical (unpaired) electrons. The first kappa shape index (κ1) is 19.9. The summed E-state index contributed by atoms with van der Waals surface area (Å²) >= 11 is 0. The summed E-state index contributed by atoms with van der Waals surface area (Å²) in [5, 5.41) is 9.63. The highest BCUT2D eigenvalue weighted by Crippen LogP contribution is 2.62. The average Bonchev–Trinajstić information content (AvgIpc) is 2.73. The third-order valence-corrected chi connectivity index (χ3v) is 7.65. The largest absolute Gasteiger partial charge is 0.496 e. The van der Waals surface area contributed by atoms with Gasteiger partial charge in [0, 0.05) is 5.56 Å². The number of ether oxygens (including phenoxy) is 1. The molecule has 4 fully saturated rings. The molecule has 4 aliphatic rings. The van der Waals surface area contributed by atoms with E-state index in [0.717, 1.165) is 48.3 Å². The number of para-hydroxylation sites is 1. The standard InChI is InChI=1S/C25H28N2O4/c1-31-22-7-6-18(27(24(26)30)21-5-3-2-4-19(21)23(28)29)11-20(22)25-12-15-8-16(13-25)10-17(9-15)14-25/h2-7,11,15-17H,8-10,12-14H2,1H3,(H2,26,30)(H,28,29). The lowest BCUT2D eigenvalue weighted by molar-refractivity contribution is -0.00613. The minimum atomic E-state index is -1.10. The summed E-state index contributed by atoms with van der Waals surface area (Å²) in [7, 11) is 1.69. The van der Waals surface area contributed by atoms with Gasteiger partial charge >= 0.3 is 12.0 Å². The van der Waals surface area contributed by atoms with Crippen molar-refractivity contribution in [2.75, 3.05) is 12.0 Å². The zero-order valence-corrected chi connectivity index (χ0v) is 17.7. The molecule has 0 unspecified atom stereocenters. The molecule has 4 aliphatic carbocycles. The number of urea groups is 1. The van der Waals surface area contributed by atoms with Gasteiger partial charge in [0.2, 0.25) is 0 Å². The van der Waals surface area contributed by atoms with Crippen LogP contribution in [0.4, 0.5) is 16.2 Å². The Hall–Kier alpha value is -3.02. The van der Waals surface area contributed by atoms with E-state index < -0.39 is 12.0 Å². The topological polar surface area (TPSA) is 92.9 Å². The lowest BCUT2D eigenvalue weighted by Gasteiger charge is -2.57. The Morgan fingerprint density at radius 3 is 2.19 bits per heavy atom. The summed E-state index contributed by atoms with van der Waals surface area (Å²) in [6.07, 6.45) is 7.46. The number of nitrogens with two attached hydrogens (primary N) is 1. The van der Waals surface area contributed by atoms with Crippen LogP contribution in [0.25, 0.3) is 0 Å². The van der Waals surface area contributed by atoms with Crippen LogP contribution >= 0.6 is 0 Å². The summed E-state index contributed by atoms with van der Waals surface area (Å²) in [5.41, 5.74) is 7.83. The van der Waals surface area contributed by atoms with Gasteiger partial charge in [-0.15, -0.1) is 0 Å². The average molecular weight is 421 g/mol. The van der Waals surface area contributed by atoms with Crippen LogP contribution in [0.15, 0.2) is 42.5 Å². The predicted molar refractivity (Wildman–Crippen MR) is 118 cm³/mol. The van der Waals surface area contributed by atoms with E-state index in [2.05, 4.69) is 0 Å². The van der Waals surface area contributed by atoms with E-state index in [0.29, 0.717) is 5.69 Å². The van der Waals surface area contributed by atoms with Crippen molar-refractivity contribution < 1.29 is 19.4 Å². The highest BCUT2D eigenvalue weighted by molar-refractivity contribution is 6.05. The van der Waals surface area contributed by atoms with E-state index in [-0.39, 0.29) is 16.7 Å². The van der Waals surface area contributed by atoms with E-state index in [4.69, 9.17) is 10.5 Å². The molecule has 6 rings (SSSR count). The molecule has 2 aromatic rings. The number of primary amides is 1. The normalized spacial score (nSPS) is 28.4. The fraction of sp³-hybridized carbons (Fsp3) is 0.440. The summed E-state index contributed by atoms with van der Waals surface area (Å²) in [4.78, 5) is 25.6. The van der Waals surface area contributed by atoms with Crippen molar-refractivity contribution in [2.45, 2.75) is 43.9 Å². The van der Waals surface area contributed by atoms with Gasteiger partial charge in [-0.05, 0) is 92.0 Å². The number of hydrogen-bond donors (Lipinski definition) is 2. The number of nitrogens with zero attached hydrogens (tertiary/aromatic N) is 1. The Morgan fingerprint density at radius 2 is 1.65 bits per heavy atom. The van der Waals surface area contributed by atoms with Crippen LogP contribution < -0.4 is 15.4 Å². The van der Waals surface area contributed by atoms with Crippen LogP contribution in [0.2, 0.25) is 0 Å². The minimum Gasteiger partial charge on any atom is -0.496 e. The van der Waals surface area contributed by atoms with Crippen molar-refractivity contribution >= 4 is 23.4 Å². The summed E-state index contributed by atoms with van der Waals surface area (Å²) in [6, 6.07) is 11.4. The van der Waals surface area contributed by atoms with Gasteiger partial charge in [0.1, 0.15) is 5.75 Å².